The van der Waals surface area contributed by atoms with Crippen molar-refractivity contribution in [3.8, 4) is 0 Å². The first-order chi connectivity index (χ1) is 18.3. The van der Waals surface area contributed by atoms with E-state index in [1.165, 1.54) is 44.7 Å². The molecule has 1 fully saturated rings. The highest BCUT2D eigenvalue weighted by atomic mass is 31.1. The molecule has 4 N–H and O–H groups in total. The summed E-state index contributed by atoms with van der Waals surface area (Å²) in [6.07, 6.45) is 11.4. The van der Waals surface area contributed by atoms with Crippen LogP contribution in [-0.2, 0) is 23.4 Å². The fraction of sp³-hybridized carbons (Fsp3) is 0.800. The SMILES string of the molecule is O=C(O)CCCCCCCCCCCCCCCOC1C(O[P+](=O)O)[C@@H](CO)O[C@H]1n1ccc(=O)[nH]c1=O. The maximum Gasteiger partial charge on any atom is 0.695 e. The van der Waals surface area contributed by atoms with E-state index in [0.717, 1.165) is 55.6 Å². The molecule has 1 aliphatic rings. The summed E-state index contributed by atoms with van der Waals surface area (Å²) in [6.45, 7) is -0.190. The van der Waals surface area contributed by atoms with Crippen LogP contribution in [-0.4, -0.2) is 62.2 Å². The number of aliphatic hydroxyl groups excluding tert-OH is 1. The van der Waals surface area contributed by atoms with Crippen LogP contribution in [0.3, 0.4) is 0 Å². The Labute approximate surface area is 223 Å². The van der Waals surface area contributed by atoms with E-state index in [0.29, 0.717) is 6.61 Å². The fourth-order valence-corrected chi connectivity index (χ4v) is 5.12. The van der Waals surface area contributed by atoms with Crippen LogP contribution in [0.4, 0.5) is 0 Å². The average Bonchev–Trinajstić information content (AvgIpc) is 3.19. The molecule has 1 aromatic heterocycles. The normalized spacial score (nSPS) is 21.6. The molecule has 0 spiro atoms. The van der Waals surface area contributed by atoms with E-state index >= 15 is 0 Å². The highest BCUT2D eigenvalue weighted by Gasteiger charge is 2.51. The van der Waals surface area contributed by atoms with Crippen LogP contribution < -0.4 is 11.2 Å². The molecule has 0 radical (unpaired) electrons. The third-order valence-electron chi connectivity index (χ3n) is 6.65. The van der Waals surface area contributed by atoms with E-state index in [9.17, 15) is 28.9 Å². The number of carboxylic acid groups (broad SMARTS) is 1. The Kier molecular flexibility index (Phi) is 15.6. The van der Waals surface area contributed by atoms with Gasteiger partial charge in [-0.15, -0.1) is 9.42 Å². The summed E-state index contributed by atoms with van der Waals surface area (Å²) < 4.78 is 29.2. The number of nitrogens with one attached hydrogen (secondary N) is 1. The van der Waals surface area contributed by atoms with Gasteiger partial charge in [0, 0.05) is 29.9 Å². The van der Waals surface area contributed by atoms with E-state index in [4.69, 9.17) is 19.1 Å². The Hall–Kier alpha value is -1.95. The number of aromatic amines is 1. The van der Waals surface area contributed by atoms with Gasteiger partial charge in [-0.2, -0.15) is 0 Å². The third kappa shape index (κ3) is 11.8. The molecule has 0 saturated carbocycles. The standard InChI is InChI=1S/C25H41N2O10P/c28-18-19-22(37-38(33)34)23(24(36-19)27-16-15-20(29)26-25(27)32)35-17-13-11-9-7-5-3-1-2-4-6-8-10-12-14-21(30)31/h15-16,19,22-24,28H,1-14,17-18H2,(H2-,26,29,30,31,32,33,34)/p+1/t19-,22?,23?,24-/m1/s1. The van der Waals surface area contributed by atoms with Crippen LogP contribution in [0.25, 0.3) is 0 Å². The molecule has 2 rings (SSSR count). The van der Waals surface area contributed by atoms with Crippen LogP contribution >= 0.6 is 8.25 Å². The van der Waals surface area contributed by atoms with E-state index in [2.05, 4.69) is 4.98 Å². The fourth-order valence-electron chi connectivity index (χ4n) is 4.66. The minimum Gasteiger partial charge on any atom is -0.481 e. The topological polar surface area (TPSA) is 177 Å². The Morgan fingerprint density at radius 3 is 2.00 bits per heavy atom. The summed E-state index contributed by atoms with van der Waals surface area (Å²) in [7, 11) is -3.00. The summed E-state index contributed by atoms with van der Waals surface area (Å²) in [4.78, 5) is 45.6. The van der Waals surface area contributed by atoms with Crippen LogP contribution in [0.1, 0.15) is 96.1 Å². The molecular formula is C25H42N2O10P+. The first-order valence-corrected chi connectivity index (χ1v) is 14.7. The number of ether oxygens (including phenoxy) is 2. The molecule has 0 aliphatic carbocycles. The number of aromatic nitrogens is 2. The van der Waals surface area contributed by atoms with Gasteiger partial charge in [0.1, 0.15) is 12.2 Å². The van der Waals surface area contributed by atoms with Crippen LogP contribution in [0.15, 0.2) is 21.9 Å². The zero-order chi connectivity index (χ0) is 27.8. The molecule has 1 aliphatic heterocycles. The number of aliphatic hydroxyl groups is 1. The Morgan fingerprint density at radius 2 is 1.50 bits per heavy atom. The van der Waals surface area contributed by atoms with Gasteiger partial charge < -0.3 is 19.7 Å². The molecule has 13 heteroatoms. The Bertz CT molecular complexity index is 953. The minimum absolute atomic E-state index is 0.269. The first kappa shape index (κ1) is 32.3. The maximum atomic E-state index is 12.3. The van der Waals surface area contributed by atoms with Gasteiger partial charge >= 0.3 is 19.9 Å². The number of hydrogen-bond donors (Lipinski definition) is 4. The lowest BCUT2D eigenvalue weighted by Crippen LogP contribution is -2.40. The van der Waals surface area contributed by atoms with Gasteiger partial charge in [-0.1, -0.05) is 70.6 Å². The van der Waals surface area contributed by atoms with Gasteiger partial charge in [0.25, 0.3) is 5.56 Å². The Balaban J connectivity index is 1.65. The van der Waals surface area contributed by atoms with E-state index < -0.39 is 56.6 Å². The predicted octanol–water partition coefficient (Wildman–Crippen LogP) is 3.39. The number of carbonyl (C=O) groups is 1. The molecule has 0 bridgehead atoms. The predicted molar refractivity (Wildman–Crippen MR) is 139 cm³/mol. The van der Waals surface area contributed by atoms with E-state index in [-0.39, 0.29) is 6.42 Å². The number of hydrogen-bond acceptors (Lipinski definition) is 8. The van der Waals surface area contributed by atoms with Crippen LogP contribution in [0, 0.1) is 0 Å². The first-order valence-electron chi connectivity index (χ1n) is 13.6. The number of unbranched alkanes of at least 4 members (excludes halogenated alkanes) is 12. The van der Waals surface area contributed by atoms with E-state index in [1.807, 2.05) is 0 Å². The van der Waals surface area contributed by atoms with Gasteiger partial charge in [0.15, 0.2) is 12.3 Å². The van der Waals surface area contributed by atoms with Gasteiger partial charge in [-0.25, -0.2) is 4.79 Å². The summed E-state index contributed by atoms with van der Waals surface area (Å²) in [5.41, 5.74) is -1.30. The van der Waals surface area contributed by atoms with Crippen molar-refractivity contribution in [2.75, 3.05) is 13.2 Å². The van der Waals surface area contributed by atoms with Crippen molar-refractivity contribution in [3.05, 3.63) is 33.1 Å². The second-order valence-corrected chi connectivity index (χ2v) is 10.3. The van der Waals surface area contributed by atoms with Gasteiger partial charge in [-0.05, 0) is 12.8 Å². The lowest BCUT2D eigenvalue weighted by Gasteiger charge is -2.22. The monoisotopic (exact) mass is 561 g/mol. The molecule has 216 valence electrons. The molecule has 0 amide bonds. The van der Waals surface area contributed by atoms with Crippen LogP contribution in [0.2, 0.25) is 0 Å². The molecule has 1 saturated heterocycles. The van der Waals surface area contributed by atoms with Crippen molar-refractivity contribution in [2.24, 2.45) is 0 Å². The van der Waals surface area contributed by atoms with Gasteiger partial charge in [0.05, 0.1) is 6.61 Å². The van der Waals surface area contributed by atoms with Gasteiger partial charge in [-0.3, -0.25) is 19.1 Å². The highest BCUT2D eigenvalue weighted by Crippen LogP contribution is 2.37. The van der Waals surface area contributed by atoms with E-state index in [1.54, 1.807) is 0 Å². The number of rotatable bonds is 21. The molecule has 2 heterocycles. The molecule has 5 atom stereocenters. The second kappa shape index (κ2) is 18.4. The largest absolute Gasteiger partial charge is 0.695 e. The summed E-state index contributed by atoms with van der Waals surface area (Å²) >= 11 is 0. The molecule has 0 aromatic carbocycles. The second-order valence-electron chi connectivity index (χ2n) is 9.65. The van der Waals surface area contributed by atoms with Crippen molar-refractivity contribution in [2.45, 2.75) is 114 Å². The average molecular weight is 562 g/mol. The van der Waals surface area contributed by atoms with Crippen molar-refractivity contribution in [1.82, 2.24) is 9.55 Å². The van der Waals surface area contributed by atoms with Crippen molar-refractivity contribution < 1.29 is 38.5 Å². The maximum absolute atomic E-state index is 12.3. The Morgan fingerprint density at radius 1 is 0.947 bits per heavy atom. The molecule has 1 aromatic rings. The number of aliphatic carboxylic acids is 1. The number of nitrogens with zero attached hydrogens (tertiary/aromatic N) is 1. The smallest absolute Gasteiger partial charge is 0.481 e. The minimum atomic E-state index is -3.00. The summed E-state index contributed by atoms with van der Waals surface area (Å²) in [5, 5.41) is 18.3. The molecule has 3 unspecified atom stereocenters. The molecule has 38 heavy (non-hydrogen) atoms. The number of carboxylic acids is 1. The number of H-pyrrole nitrogens is 1. The van der Waals surface area contributed by atoms with Crippen molar-refractivity contribution in [1.29, 1.82) is 0 Å². The van der Waals surface area contributed by atoms with Gasteiger partial charge in [0.2, 0.25) is 0 Å². The highest BCUT2D eigenvalue weighted by molar-refractivity contribution is 7.32. The summed E-state index contributed by atoms with van der Waals surface area (Å²) in [6, 6.07) is 1.15. The van der Waals surface area contributed by atoms with Crippen LogP contribution in [0.5, 0.6) is 0 Å². The quantitative estimate of drug-likeness (QED) is 0.128. The molecular weight excluding hydrogens is 519 g/mol. The third-order valence-corrected chi connectivity index (χ3v) is 7.07. The summed E-state index contributed by atoms with van der Waals surface area (Å²) in [5.74, 6) is -0.716. The zero-order valence-electron chi connectivity index (χ0n) is 21.9. The molecule has 12 nitrogen and oxygen atoms in total. The van der Waals surface area contributed by atoms with Crippen molar-refractivity contribution >= 4 is 14.2 Å². The lowest BCUT2D eigenvalue weighted by molar-refractivity contribution is -0.137. The van der Waals surface area contributed by atoms with Crippen molar-refractivity contribution in [3.63, 3.8) is 0 Å². The zero-order valence-corrected chi connectivity index (χ0v) is 22.8. The lowest BCUT2D eigenvalue weighted by atomic mass is 10.0.